The van der Waals surface area contributed by atoms with Gasteiger partial charge in [-0.15, -0.1) is 0 Å². The van der Waals surface area contributed by atoms with Crippen molar-refractivity contribution in [3.05, 3.63) is 33.3 Å². The summed E-state index contributed by atoms with van der Waals surface area (Å²) in [5.74, 6) is 0. The highest BCUT2D eigenvalue weighted by molar-refractivity contribution is 6.36. The Kier molecular flexibility index (Phi) is 4.47. The Morgan fingerprint density at radius 2 is 1.81 bits per heavy atom. The minimum absolute atomic E-state index is 0.242. The molecule has 0 unspecified atom stereocenters. The van der Waals surface area contributed by atoms with Gasteiger partial charge in [0.15, 0.2) is 0 Å². The molecule has 1 rings (SSSR count). The highest BCUT2D eigenvalue weighted by atomic mass is 35.5. The van der Waals surface area contributed by atoms with E-state index in [1.807, 2.05) is 0 Å². The van der Waals surface area contributed by atoms with Crippen LogP contribution in [0, 0.1) is 0 Å². The van der Waals surface area contributed by atoms with E-state index in [0.29, 0.717) is 24.9 Å². The summed E-state index contributed by atoms with van der Waals surface area (Å²) in [5.41, 5.74) is 4.74. The second-order valence-corrected chi connectivity index (χ2v) is 4.06. The van der Waals surface area contributed by atoms with Crippen LogP contribution in [-0.2, 0) is 12.6 Å². The molecule has 0 amide bonds. The summed E-state index contributed by atoms with van der Waals surface area (Å²) in [7, 11) is 0. The molecule has 0 atom stereocenters. The highest BCUT2D eigenvalue weighted by Gasteiger charge is 2.34. The Hall–Kier alpha value is -0.450. The summed E-state index contributed by atoms with van der Waals surface area (Å²) in [6.07, 6.45) is -3.57. The first kappa shape index (κ1) is 13.6. The van der Waals surface area contributed by atoms with Crippen molar-refractivity contribution < 1.29 is 13.2 Å². The van der Waals surface area contributed by atoms with Gasteiger partial charge >= 0.3 is 6.18 Å². The molecular formula is C10H10Cl2F3N. The van der Waals surface area contributed by atoms with Crippen LogP contribution in [0.1, 0.15) is 17.5 Å². The average Bonchev–Trinajstić information content (AvgIpc) is 2.15. The fourth-order valence-corrected chi connectivity index (χ4v) is 1.99. The van der Waals surface area contributed by atoms with E-state index in [0.717, 1.165) is 6.07 Å². The largest absolute Gasteiger partial charge is 0.417 e. The molecule has 0 radical (unpaired) electrons. The first-order chi connectivity index (χ1) is 7.38. The predicted octanol–water partition coefficient (Wildman–Crippen LogP) is 3.90. The average molecular weight is 272 g/mol. The molecule has 90 valence electrons. The summed E-state index contributed by atoms with van der Waals surface area (Å²) in [6.45, 7) is 0.378. The summed E-state index contributed by atoms with van der Waals surface area (Å²) < 4.78 is 37.6. The van der Waals surface area contributed by atoms with Gasteiger partial charge in [-0.1, -0.05) is 23.2 Å². The molecule has 0 saturated heterocycles. The normalized spacial score (nSPS) is 11.9. The first-order valence-corrected chi connectivity index (χ1v) is 5.37. The quantitative estimate of drug-likeness (QED) is 0.887. The summed E-state index contributed by atoms with van der Waals surface area (Å²) in [6, 6.07) is 2.10. The highest BCUT2D eigenvalue weighted by Crippen LogP contribution is 2.39. The second kappa shape index (κ2) is 5.25. The fraction of sp³-hybridized carbons (Fsp3) is 0.400. The van der Waals surface area contributed by atoms with Crippen molar-refractivity contribution in [2.75, 3.05) is 6.54 Å². The number of nitrogens with two attached hydrogens (primary N) is 1. The van der Waals surface area contributed by atoms with E-state index in [1.54, 1.807) is 0 Å². The van der Waals surface area contributed by atoms with Crippen molar-refractivity contribution in [2.24, 2.45) is 5.73 Å². The van der Waals surface area contributed by atoms with Gasteiger partial charge in [-0.05, 0) is 37.1 Å². The van der Waals surface area contributed by atoms with Crippen LogP contribution in [0.15, 0.2) is 12.1 Å². The number of hydrogen-bond donors (Lipinski definition) is 1. The van der Waals surface area contributed by atoms with Crippen molar-refractivity contribution in [3.63, 3.8) is 0 Å². The van der Waals surface area contributed by atoms with Crippen LogP contribution in [0.5, 0.6) is 0 Å². The molecule has 16 heavy (non-hydrogen) atoms. The monoisotopic (exact) mass is 271 g/mol. The molecule has 0 heterocycles. The molecule has 0 saturated carbocycles. The zero-order valence-corrected chi connectivity index (χ0v) is 9.76. The second-order valence-electron chi connectivity index (χ2n) is 3.28. The third-order valence-electron chi connectivity index (χ3n) is 2.12. The number of hydrogen-bond acceptors (Lipinski definition) is 1. The van der Waals surface area contributed by atoms with Crippen LogP contribution >= 0.6 is 23.2 Å². The first-order valence-electron chi connectivity index (χ1n) is 4.62. The standard InChI is InChI=1S/C10H10Cl2F3N/c11-8-4-3-7(10(13,14)15)9(12)6(8)2-1-5-16/h3-4H,1-2,5,16H2. The molecule has 6 heteroatoms. The Morgan fingerprint density at radius 1 is 1.19 bits per heavy atom. The van der Waals surface area contributed by atoms with E-state index in [9.17, 15) is 13.2 Å². The van der Waals surface area contributed by atoms with Gasteiger partial charge in [0.2, 0.25) is 0 Å². The van der Waals surface area contributed by atoms with Crippen LogP contribution in [0.3, 0.4) is 0 Å². The van der Waals surface area contributed by atoms with E-state index >= 15 is 0 Å². The number of alkyl halides is 3. The van der Waals surface area contributed by atoms with E-state index < -0.39 is 11.7 Å². The molecule has 0 spiro atoms. The van der Waals surface area contributed by atoms with Gasteiger partial charge in [-0.3, -0.25) is 0 Å². The maximum Gasteiger partial charge on any atom is 0.417 e. The van der Waals surface area contributed by atoms with Crippen LogP contribution in [-0.4, -0.2) is 6.54 Å². The number of halogens is 5. The SMILES string of the molecule is NCCCc1c(Cl)ccc(C(F)(F)F)c1Cl. The van der Waals surface area contributed by atoms with E-state index in [2.05, 4.69) is 0 Å². The minimum Gasteiger partial charge on any atom is -0.330 e. The van der Waals surface area contributed by atoms with Gasteiger partial charge in [0, 0.05) is 5.02 Å². The Labute approximate surface area is 101 Å². The maximum atomic E-state index is 12.5. The van der Waals surface area contributed by atoms with Gasteiger partial charge in [-0.25, -0.2) is 0 Å². The molecule has 1 aromatic rings. The van der Waals surface area contributed by atoms with Crippen LogP contribution < -0.4 is 5.73 Å². The molecule has 0 bridgehead atoms. The van der Waals surface area contributed by atoms with Crippen LogP contribution in [0.2, 0.25) is 10.0 Å². The maximum absolute atomic E-state index is 12.5. The van der Waals surface area contributed by atoms with Crippen LogP contribution in [0.25, 0.3) is 0 Å². The van der Waals surface area contributed by atoms with Crippen molar-refractivity contribution in [2.45, 2.75) is 19.0 Å². The molecule has 0 fully saturated rings. The predicted molar refractivity (Wildman–Crippen MR) is 58.8 cm³/mol. The van der Waals surface area contributed by atoms with E-state index in [-0.39, 0.29) is 10.0 Å². The number of rotatable bonds is 3. The van der Waals surface area contributed by atoms with Gasteiger partial charge < -0.3 is 5.73 Å². The van der Waals surface area contributed by atoms with Crippen molar-refractivity contribution >= 4 is 23.2 Å². The van der Waals surface area contributed by atoms with Gasteiger partial charge in [-0.2, -0.15) is 13.2 Å². The molecule has 0 aliphatic rings. The fourth-order valence-electron chi connectivity index (χ4n) is 1.32. The molecule has 0 aliphatic carbocycles. The van der Waals surface area contributed by atoms with Crippen molar-refractivity contribution in [1.29, 1.82) is 0 Å². The Balaban J connectivity index is 3.16. The zero-order valence-electron chi connectivity index (χ0n) is 8.24. The van der Waals surface area contributed by atoms with Gasteiger partial charge in [0.25, 0.3) is 0 Å². The Bertz CT molecular complexity index is 377. The molecule has 1 aromatic carbocycles. The van der Waals surface area contributed by atoms with Crippen molar-refractivity contribution in [3.8, 4) is 0 Å². The lowest BCUT2D eigenvalue weighted by Crippen LogP contribution is -2.08. The molecule has 2 N–H and O–H groups in total. The molecule has 0 aliphatic heterocycles. The lowest BCUT2D eigenvalue weighted by molar-refractivity contribution is -0.137. The molecule has 1 nitrogen and oxygen atoms in total. The minimum atomic E-state index is -4.46. The topological polar surface area (TPSA) is 26.0 Å². The van der Waals surface area contributed by atoms with E-state index in [1.165, 1.54) is 6.07 Å². The summed E-state index contributed by atoms with van der Waals surface area (Å²) in [5, 5.41) is -0.0834. The summed E-state index contributed by atoms with van der Waals surface area (Å²) >= 11 is 11.5. The molecule has 0 aromatic heterocycles. The van der Waals surface area contributed by atoms with Gasteiger partial charge in [0.1, 0.15) is 0 Å². The van der Waals surface area contributed by atoms with Gasteiger partial charge in [0.05, 0.1) is 10.6 Å². The summed E-state index contributed by atoms with van der Waals surface area (Å²) in [4.78, 5) is 0. The Morgan fingerprint density at radius 3 is 2.31 bits per heavy atom. The third-order valence-corrected chi connectivity index (χ3v) is 2.91. The van der Waals surface area contributed by atoms with Crippen molar-refractivity contribution in [1.82, 2.24) is 0 Å². The molecular weight excluding hydrogens is 262 g/mol. The lowest BCUT2D eigenvalue weighted by atomic mass is 10.1. The smallest absolute Gasteiger partial charge is 0.330 e. The third kappa shape index (κ3) is 3.03. The zero-order chi connectivity index (χ0) is 12.3. The van der Waals surface area contributed by atoms with Crippen LogP contribution in [0.4, 0.5) is 13.2 Å². The number of benzene rings is 1. The van der Waals surface area contributed by atoms with E-state index in [4.69, 9.17) is 28.9 Å². The lowest BCUT2D eigenvalue weighted by Gasteiger charge is -2.13.